The van der Waals surface area contributed by atoms with E-state index in [0.29, 0.717) is 48.6 Å². The normalized spacial score (nSPS) is 14.5. The van der Waals surface area contributed by atoms with E-state index < -0.39 is 12.0 Å². The minimum absolute atomic E-state index is 0.165. The summed E-state index contributed by atoms with van der Waals surface area (Å²) in [4.78, 5) is 33.4. The van der Waals surface area contributed by atoms with Gasteiger partial charge in [-0.3, -0.25) is 9.36 Å². The van der Waals surface area contributed by atoms with Crippen molar-refractivity contribution in [3.05, 3.63) is 173 Å². The molecule has 7 rings (SSSR count). The van der Waals surface area contributed by atoms with Crippen LogP contribution in [0, 0.1) is 0 Å². The lowest BCUT2D eigenvalue weighted by atomic mass is 9.93. The number of hydrogen-bond acceptors (Lipinski definition) is 6. The van der Waals surface area contributed by atoms with E-state index in [0.717, 1.165) is 21.9 Å². The summed E-state index contributed by atoms with van der Waals surface area (Å²) in [5, 5.41) is 3.27. The predicted molar refractivity (Wildman–Crippen MR) is 192 cm³/mol. The van der Waals surface area contributed by atoms with Crippen LogP contribution >= 0.6 is 34.5 Å². The van der Waals surface area contributed by atoms with Gasteiger partial charge in [-0.1, -0.05) is 119 Å². The summed E-state index contributed by atoms with van der Waals surface area (Å²) in [5.74, 6) is 0.0258. The number of benzene rings is 5. The SMILES string of the molecule is CCOC(=O)C1=C(c2ccccc2)N=c2s/c(=C\c3cc(Cl)ccc3OCc3cccc4ccccc34)c(=O)n2[C@H]1c1ccc(Cl)cc1. The van der Waals surface area contributed by atoms with Gasteiger partial charge in [0.2, 0.25) is 0 Å². The number of thiazole rings is 1. The molecule has 1 aromatic heterocycles. The third kappa shape index (κ3) is 6.20. The molecule has 5 aromatic carbocycles. The van der Waals surface area contributed by atoms with Gasteiger partial charge in [0.1, 0.15) is 12.4 Å². The van der Waals surface area contributed by atoms with Crippen LogP contribution in [0.1, 0.15) is 35.2 Å². The summed E-state index contributed by atoms with van der Waals surface area (Å²) in [5.41, 5.74) is 3.51. The summed E-state index contributed by atoms with van der Waals surface area (Å²) in [6.45, 7) is 2.24. The highest BCUT2D eigenvalue weighted by atomic mass is 35.5. The molecule has 0 aliphatic carbocycles. The first kappa shape index (κ1) is 31.6. The van der Waals surface area contributed by atoms with E-state index in [1.165, 1.54) is 11.3 Å². The van der Waals surface area contributed by atoms with Crippen molar-refractivity contribution < 1.29 is 14.3 Å². The second kappa shape index (κ2) is 13.6. The maximum atomic E-state index is 14.4. The van der Waals surface area contributed by atoms with Gasteiger partial charge in [0.05, 0.1) is 28.5 Å². The Kier molecular flexibility index (Phi) is 9.00. The molecular formula is C39H28Cl2N2O4S. The standard InChI is InChI=1S/C39H28Cl2N2O4S/c1-2-46-38(45)34-35(25-10-4-3-5-11-25)42-39-43(36(34)26-15-17-29(40)18-16-26)37(44)33(48-39)22-28-21-30(41)19-20-32(28)47-23-27-13-8-12-24-9-6-7-14-31(24)27/h3-22,36H,2,23H2,1H3/b33-22-/t36-/m0/s1. The van der Waals surface area contributed by atoms with Crippen molar-refractivity contribution >= 4 is 63.1 Å². The number of hydrogen-bond donors (Lipinski definition) is 0. The number of rotatable bonds is 8. The number of carbonyl (C=O) groups excluding carboxylic acids is 1. The fourth-order valence-corrected chi connectivity index (χ4v) is 7.18. The first-order valence-corrected chi connectivity index (χ1v) is 16.9. The summed E-state index contributed by atoms with van der Waals surface area (Å²) < 4.78 is 13.9. The molecule has 0 bridgehead atoms. The molecule has 1 aliphatic heterocycles. The van der Waals surface area contributed by atoms with Crippen LogP contribution in [0.4, 0.5) is 0 Å². The van der Waals surface area contributed by atoms with Crippen molar-refractivity contribution in [1.82, 2.24) is 4.57 Å². The molecule has 0 amide bonds. The molecule has 238 valence electrons. The van der Waals surface area contributed by atoms with Crippen molar-refractivity contribution in [2.45, 2.75) is 19.6 Å². The average molecular weight is 692 g/mol. The van der Waals surface area contributed by atoms with E-state index in [-0.39, 0.29) is 17.7 Å². The first-order chi connectivity index (χ1) is 23.4. The maximum absolute atomic E-state index is 14.4. The molecule has 2 heterocycles. The molecule has 0 saturated carbocycles. The van der Waals surface area contributed by atoms with E-state index in [1.54, 1.807) is 47.9 Å². The predicted octanol–water partition coefficient (Wildman–Crippen LogP) is 7.97. The third-order valence-electron chi connectivity index (χ3n) is 8.08. The number of nitrogens with zero attached hydrogens (tertiary/aromatic N) is 2. The van der Waals surface area contributed by atoms with Gasteiger partial charge in [-0.25, -0.2) is 9.79 Å². The lowest BCUT2D eigenvalue weighted by Crippen LogP contribution is -2.40. The highest BCUT2D eigenvalue weighted by Crippen LogP contribution is 2.35. The molecule has 9 heteroatoms. The van der Waals surface area contributed by atoms with Gasteiger partial charge in [0.25, 0.3) is 5.56 Å². The van der Waals surface area contributed by atoms with Crippen molar-refractivity contribution in [2.75, 3.05) is 6.61 Å². The minimum atomic E-state index is -0.809. The van der Waals surface area contributed by atoms with Crippen LogP contribution in [-0.4, -0.2) is 17.1 Å². The topological polar surface area (TPSA) is 69.9 Å². The first-order valence-electron chi connectivity index (χ1n) is 15.3. The zero-order valence-electron chi connectivity index (χ0n) is 25.7. The molecule has 6 nitrogen and oxygen atoms in total. The Bertz CT molecular complexity index is 2380. The zero-order chi connectivity index (χ0) is 33.2. The Morgan fingerprint density at radius 2 is 1.62 bits per heavy atom. The fraction of sp³-hybridized carbons (Fsp3) is 0.103. The van der Waals surface area contributed by atoms with Crippen LogP contribution in [-0.2, 0) is 16.1 Å². The quantitative estimate of drug-likeness (QED) is 0.152. The Balaban J connectivity index is 1.38. The van der Waals surface area contributed by atoms with Gasteiger partial charge in [-0.15, -0.1) is 0 Å². The van der Waals surface area contributed by atoms with Crippen molar-refractivity contribution in [3.63, 3.8) is 0 Å². The summed E-state index contributed by atoms with van der Waals surface area (Å²) in [6, 6.07) is 35.3. The molecule has 48 heavy (non-hydrogen) atoms. The van der Waals surface area contributed by atoms with Crippen LogP contribution in [0.5, 0.6) is 5.75 Å². The summed E-state index contributed by atoms with van der Waals surface area (Å²) in [7, 11) is 0. The minimum Gasteiger partial charge on any atom is -0.488 e. The number of ether oxygens (including phenoxy) is 2. The van der Waals surface area contributed by atoms with Gasteiger partial charge in [0.15, 0.2) is 4.80 Å². The Morgan fingerprint density at radius 1 is 0.896 bits per heavy atom. The van der Waals surface area contributed by atoms with E-state index in [2.05, 4.69) is 18.2 Å². The van der Waals surface area contributed by atoms with E-state index in [1.807, 2.05) is 66.7 Å². The Labute approximate surface area is 290 Å². The maximum Gasteiger partial charge on any atom is 0.338 e. The molecule has 0 unspecified atom stereocenters. The van der Waals surface area contributed by atoms with E-state index in [9.17, 15) is 9.59 Å². The molecule has 0 spiro atoms. The van der Waals surface area contributed by atoms with Crippen molar-refractivity contribution in [3.8, 4) is 5.75 Å². The number of esters is 1. The average Bonchev–Trinajstić information content (AvgIpc) is 3.42. The Morgan fingerprint density at radius 3 is 2.42 bits per heavy atom. The molecule has 0 radical (unpaired) electrons. The monoisotopic (exact) mass is 690 g/mol. The number of fused-ring (bicyclic) bond motifs is 2. The lowest BCUT2D eigenvalue weighted by Gasteiger charge is -2.25. The molecule has 0 N–H and O–H groups in total. The number of carbonyl (C=O) groups is 1. The number of halogens is 2. The van der Waals surface area contributed by atoms with Crippen LogP contribution in [0.25, 0.3) is 22.5 Å². The highest BCUT2D eigenvalue weighted by molar-refractivity contribution is 7.07. The van der Waals surface area contributed by atoms with Crippen LogP contribution < -0.4 is 19.6 Å². The smallest absolute Gasteiger partial charge is 0.338 e. The molecule has 0 saturated heterocycles. The van der Waals surface area contributed by atoms with Gasteiger partial charge in [0, 0.05) is 21.2 Å². The van der Waals surface area contributed by atoms with Crippen LogP contribution in [0.2, 0.25) is 10.0 Å². The van der Waals surface area contributed by atoms with Crippen LogP contribution in [0.15, 0.2) is 131 Å². The molecule has 0 fully saturated rings. The van der Waals surface area contributed by atoms with E-state index >= 15 is 0 Å². The van der Waals surface area contributed by atoms with Gasteiger partial charge >= 0.3 is 5.97 Å². The van der Waals surface area contributed by atoms with Crippen LogP contribution in [0.3, 0.4) is 0 Å². The summed E-state index contributed by atoms with van der Waals surface area (Å²) in [6.07, 6.45) is 1.77. The largest absolute Gasteiger partial charge is 0.488 e. The fourth-order valence-electron chi connectivity index (χ4n) is 5.88. The van der Waals surface area contributed by atoms with Crippen molar-refractivity contribution in [2.24, 2.45) is 4.99 Å². The zero-order valence-corrected chi connectivity index (χ0v) is 28.1. The molecule has 1 atom stereocenters. The molecular weight excluding hydrogens is 663 g/mol. The van der Waals surface area contributed by atoms with Gasteiger partial charge in [-0.05, 0) is 65.2 Å². The van der Waals surface area contributed by atoms with E-state index in [4.69, 9.17) is 37.7 Å². The molecule has 1 aliphatic rings. The third-order valence-corrected chi connectivity index (χ3v) is 9.55. The second-order valence-electron chi connectivity index (χ2n) is 11.1. The Hall–Kier alpha value is -4.95. The van der Waals surface area contributed by atoms with Gasteiger partial charge in [-0.2, -0.15) is 0 Å². The molecule has 6 aromatic rings. The highest BCUT2D eigenvalue weighted by Gasteiger charge is 2.35. The van der Waals surface area contributed by atoms with Crippen molar-refractivity contribution in [1.29, 1.82) is 0 Å². The van der Waals surface area contributed by atoms with Gasteiger partial charge < -0.3 is 9.47 Å². The lowest BCUT2D eigenvalue weighted by molar-refractivity contribution is -0.138. The number of aromatic nitrogens is 1. The summed E-state index contributed by atoms with van der Waals surface area (Å²) >= 11 is 13.9. The second-order valence-corrected chi connectivity index (χ2v) is 13.0.